The Balaban J connectivity index is 1.87. The Labute approximate surface area is 145 Å². The summed E-state index contributed by atoms with van der Waals surface area (Å²) in [4.78, 5) is 22.7. The molecule has 8 heteroatoms. The summed E-state index contributed by atoms with van der Waals surface area (Å²) in [5.74, 6) is -0.281. The second-order valence-corrected chi connectivity index (χ2v) is 6.01. The highest BCUT2D eigenvalue weighted by Crippen LogP contribution is 2.20. The Morgan fingerprint density at radius 2 is 2.08 bits per heavy atom. The maximum absolute atomic E-state index is 12.1. The number of ether oxygens (including phenoxy) is 1. The van der Waals surface area contributed by atoms with Crippen LogP contribution in [0.5, 0.6) is 5.75 Å². The number of carbonyl (C=O) groups is 2. The SMILES string of the molecule is CC(Oc1cccc(C(C)C)c1)C(=O)NCc1cn(CC(=O)O)nn1. The second-order valence-electron chi connectivity index (χ2n) is 6.01. The molecule has 1 aromatic heterocycles. The van der Waals surface area contributed by atoms with E-state index in [0.717, 1.165) is 5.56 Å². The minimum absolute atomic E-state index is 0.151. The van der Waals surface area contributed by atoms with Crippen molar-refractivity contribution in [2.24, 2.45) is 0 Å². The lowest BCUT2D eigenvalue weighted by Crippen LogP contribution is -2.36. The number of aliphatic carboxylic acids is 1. The first-order valence-electron chi connectivity index (χ1n) is 8.00. The molecule has 0 radical (unpaired) electrons. The molecule has 2 rings (SSSR count). The first kappa shape index (κ1) is 18.4. The van der Waals surface area contributed by atoms with Crippen molar-refractivity contribution >= 4 is 11.9 Å². The number of hydrogen-bond donors (Lipinski definition) is 2. The first-order valence-corrected chi connectivity index (χ1v) is 8.00. The zero-order valence-electron chi connectivity index (χ0n) is 14.5. The van der Waals surface area contributed by atoms with Gasteiger partial charge in [-0.05, 0) is 30.5 Å². The minimum atomic E-state index is -1.01. The number of nitrogens with zero attached hydrogens (tertiary/aromatic N) is 3. The van der Waals surface area contributed by atoms with Crippen molar-refractivity contribution in [3.63, 3.8) is 0 Å². The maximum Gasteiger partial charge on any atom is 0.325 e. The third-order valence-corrected chi connectivity index (χ3v) is 3.53. The van der Waals surface area contributed by atoms with Crippen LogP contribution in [-0.2, 0) is 22.7 Å². The Kier molecular flexibility index (Phi) is 6.10. The van der Waals surface area contributed by atoms with Gasteiger partial charge in [-0.15, -0.1) is 5.10 Å². The lowest BCUT2D eigenvalue weighted by atomic mass is 10.0. The lowest BCUT2D eigenvalue weighted by Gasteiger charge is -2.15. The monoisotopic (exact) mass is 346 g/mol. The highest BCUT2D eigenvalue weighted by atomic mass is 16.5. The van der Waals surface area contributed by atoms with Gasteiger partial charge in [-0.1, -0.05) is 31.2 Å². The smallest absolute Gasteiger partial charge is 0.325 e. The average molecular weight is 346 g/mol. The predicted octanol–water partition coefficient (Wildman–Crippen LogP) is 1.57. The molecule has 0 aliphatic rings. The van der Waals surface area contributed by atoms with Crippen LogP contribution < -0.4 is 10.1 Å². The Hall–Kier alpha value is -2.90. The molecule has 0 bridgehead atoms. The van der Waals surface area contributed by atoms with Gasteiger partial charge >= 0.3 is 5.97 Å². The molecule has 25 heavy (non-hydrogen) atoms. The second kappa shape index (κ2) is 8.27. The van der Waals surface area contributed by atoms with Gasteiger partial charge in [-0.3, -0.25) is 9.59 Å². The third kappa shape index (κ3) is 5.59. The maximum atomic E-state index is 12.1. The lowest BCUT2D eigenvalue weighted by molar-refractivity contribution is -0.138. The molecule has 2 aromatic rings. The van der Waals surface area contributed by atoms with Gasteiger partial charge < -0.3 is 15.2 Å². The van der Waals surface area contributed by atoms with Crippen LogP contribution in [0.15, 0.2) is 30.5 Å². The van der Waals surface area contributed by atoms with Gasteiger partial charge in [-0.2, -0.15) is 0 Å². The number of amides is 1. The number of nitrogens with one attached hydrogen (secondary N) is 1. The van der Waals surface area contributed by atoms with Crippen molar-refractivity contribution in [3.8, 4) is 5.75 Å². The third-order valence-electron chi connectivity index (χ3n) is 3.53. The highest BCUT2D eigenvalue weighted by molar-refractivity contribution is 5.80. The van der Waals surface area contributed by atoms with E-state index in [-0.39, 0.29) is 19.0 Å². The van der Waals surface area contributed by atoms with Crippen molar-refractivity contribution in [2.45, 2.75) is 45.9 Å². The summed E-state index contributed by atoms with van der Waals surface area (Å²) in [6.45, 7) is 5.73. The summed E-state index contributed by atoms with van der Waals surface area (Å²) in [5.41, 5.74) is 1.61. The van der Waals surface area contributed by atoms with Crippen molar-refractivity contribution in [3.05, 3.63) is 41.7 Å². The Morgan fingerprint density at radius 3 is 2.76 bits per heavy atom. The fourth-order valence-corrected chi connectivity index (χ4v) is 2.16. The van der Waals surface area contributed by atoms with Crippen molar-refractivity contribution in [2.75, 3.05) is 0 Å². The van der Waals surface area contributed by atoms with E-state index < -0.39 is 12.1 Å². The van der Waals surface area contributed by atoms with E-state index >= 15 is 0 Å². The van der Waals surface area contributed by atoms with Gasteiger partial charge in [0.1, 0.15) is 18.0 Å². The topological polar surface area (TPSA) is 106 Å². The normalized spacial score (nSPS) is 12.0. The molecule has 1 heterocycles. The molecule has 0 saturated carbocycles. The average Bonchev–Trinajstić information content (AvgIpc) is 2.99. The van der Waals surface area contributed by atoms with Crippen molar-refractivity contribution in [1.29, 1.82) is 0 Å². The number of benzene rings is 1. The zero-order valence-corrected chi connectivity index (χ0v) is 14.5. The molecule has 1 unspecified atom stereocenters. The van der Waals surface area contributed by atoms with Crippen LogP contribution in [0.4, 0.5) is 0 Å². The van der Waals surface area contributed by atoms with Crippen molar-refractivity contribution in [1.82, 2.24) is 20.3 Å². The van der Waals surface area contributed by atoms with Gasteiger partial charge in [0.05, 0.1) is 12.7 Å². The number of carboxylic acid groups (broad SMARTS) is 1. The van der Waals surface area contributed by atoms with E-state index in [1.165, 1.54) is 10.9 Å². The number of hydrogen-bond acceptors (Lipinski definition) is 5. The van der Waals surface area contributed by atoms with Crippen LogP contribution in [0.2, 0.25) is 0 Å². The molecule has 8 nitrogen and oxygen atoms in total. The molecular formula is C17H22N4O4. The zero-order chi connectivity index (χ0) is 18.4. The summed E-state index contributed by atoms with van der Waals surface area (Å²) >= 11 is 0. The Bertz CT molecular complexity index is 742. The van der Waals surface area contributed by atoms with Crippen LogP contribution in [-0.4, -0.2) is 38.1 Å². The molecule has 2 N–H and O–H groups in total. The Morgan fingerprint density at radius 1 is 1.32 bits per heavy atom. The van der Waals surface area contributed by atoms with Crippen LogP contribution in [0.25, 0.3) is 0 Å². The quantitative estimate of drug-likeness (QED) is 0.751. The molecule has 0 spiro atoms. The molecule has 134 valence electrons. The summed E-state index contributed by atoms with van der Waals surface area (Å²) in [6, 6.07) is 7.65. The van der Waals surface area contributed by atoms with Gasteiger partial charge in [0.15, 0.2) is 6.10 Å². The number of aromatic nitrogens is 3. The number of carboxylic acids is 1. The highest BCUT2D eigenvalue weighted by Gasteiger charge is 2.15. The molecule has 1 atom stereocenters. The van der Waals surface area contributed by atoms with Gasteiger partial charge in [-0.25, -0.2) is 4.68 Å². The van der Waals surface area contributed by atoms with E-state index in [9.17, 15) is 9.59 Å². The molecule has 0 fully saturated rings. The predicted molar refractivity (Wildman–Crippen MR) is 90.1 cm³/mol. The van der Waals surface area contributed by atoms with E-state index in [0.29, 0.717) is 17.4 Å². The summed E-state index contributed by atoms with van der Waals surface area (Å²) in [7, 11) is 0. The molecule has 0 aliphatic heterocycles. The summed E-state index contributed by atoms with van der Waals surface area (Å²) < 4.78 is 6.88. The van der Waals surface area contributed by atoms with Crippen molar-refractivity contribution < 1.29 is 19.4 Å². The molecular weight excluding hydrogens is 324 g/mol. The van der Waals surface area contributed by atoms with Gasteiger partial charge in [0.2, 0.25) is 0 Å². The fourth-order valence-electron chi connectivity index (χ4n) is 2.16. The van der Waals surface area contributed by atoms with Crippen LogP contribution >= 0.6 is 0 Å². The number of carbonyl (C=O) groups excluding carboxylic acids is 1. The molecule has 0 saturated heterocycles. The minimum Gasteiger partial charge on any atom is -0.481 e. The standard InChI is InChI=1S/C17H22N4O4/c1-11(2)13-5-4-6-15(7-13)25-12(3)17(24)18-8-14-9-21(20-19-14)10-16(22)23/h4-7,9,11-12H,8,10H2,1-3H3,(H,18,24)(H,22,23). The van der Waals surface area contributed by atoms with E-state index in [1.54, 1.807) is 6.92 Å². The molecule has 0 aliphatic carbocycles. The van der Waals surface area contributed by atoms with Crippen LogP contribution in [0, 0.1) is 0 Å². The largest absolute Gasteiger partial charge is 0.481 e. The van der Waals surface area contributed by atoms with E-state index in [4.69, 9.17) is 9.84 Å². The van der Waals surface area contributed by atoms with Gasteiger partial charge in [0, 0.05) is 0 Å². The summed E-state index contributed by atoms with van der Waals surface area (Å²) in [5, 5.41) is 18.9. The first-order chi connectivity index (χ1) is 11.8. The molecule has 1 amide bonds. The van der Waals surface area contributed by atoms with Crippen LogP contribution in [0.1, 0.15) is 37.9 Å². The molecule has 1 aromatic carbocycles. The van der Waals surface area contributed by atoms with E-state index in [2.05, 4.69) is 29.5 Å². The summed E-state index contributed by atoms with van der Waals surface area (Å²) in [6.07, 6.45) is 0.808. The number of rotatable bonds is 8. The van der Waals surface area contributed by atoms with Gasteiger partial charge in [0.25, 0.3) is 5.91 Å². The van der Waals surface area contributed by atoms with Crippen LogP contribution in [0.3, 0.4) is 0 Å². The van der Waals surface area contributed by atoms with E-state index in [1.807, 2.05) is 24.3 Å². The fraction of sp³-hybridized carbons (Fsp3) is 0.412.